The Hall–Kier alpha value is -3.87. The number of rotatable bonds is 7. The van der Waals surface area contributed by atoms with Crippen LogP contribution in [0.15, 0.2) is 64.2 Å². The van der Waals surface area contributed by atoms with Gasteiger partial charge in [-0.25, -0.2) is 18.2 Å². The summed E-state index contributed by atoms with van der Waals surface area (Å²) in [4.78, 5) is 29.8. The number of halogens is 3. The molecule has 0 unspecified atom stereocenters. The van der Waals surface area contributed by atoms with E-state index in [4.69, 9.17) is 9.15 Å². The number of esters is 1. The van der Waals surface area contributed by atoms with E-state index < -0.39 is 27.7 Å². The smallest absolute Gasteiger partial charge is 0.491 e. The number of nitrogens with zero attached hydrogens (tertiary/aromatic N) is 2. The van der Waals surface area contributed by atoms with Gasteiger partial charge in [-0.1, -0.05) is 12.1 Å². The van der Waals surface area contributed by atoms with Crippen LogP contribution < -0.4 is 9.47 Å². The number of aromatic nitrogens is 1. The maximum atomic E-state index is 12.9. The van der Waals surface area contributed by atoms with Gasteiger partial charge in [-0.3, -0.25) is 4.79 Å². The molecule has 4 rings (SSSR count). The summed E-state index contributed by atoms with van der Waals surface area (Å²) in [5.74, 6) is -2.71. The molecule has 1 aliphatic rings. The second-order valence-corrected chi connectivity index (χ2v) is 10.7. The highest BCUT2D eigenvalue weighted by Crippen LogP contribution is 2.34. The van der Waals surface area contributed by atoms with Crippen molar-refractivity contribution in [3.8, 4) is 22.8 Å². The molecule has 1 saturated heterocycles. The second kappa shape index (κ2) is 10.9. The first kappa shape index (κ1) is 27.2. The molecule has 3 heterocycles. The van der Waals surface area contributed by atoms with Gasteiger partial charge < -0.3 is 18.8 Å². The minimum atomic E-state index is -5.24. The summed E-state index contributed by atoms with van der Waals surface area (Å²) in [6, 6.07) is 9.61. The quantitative estimate of drug-likeness (QED) is 0.402. The number of hydrogen-bond acceptors (Lipinski definition) is 8. The van der Waals surface area contributed by atoms with Crippen LogP contribution in [0, 0.1) is 5.92 Å². The van der Waals surface area contributed by atoms with Crippen LogP contribution in [0.5, 0.6) is 11.5 Å². The van der Waals surface area contributed by atoms with Crippen LogP contribution in [0.3, 0.4) is 0 Å². The van der Waals surface area contributed by atoms with E-state index in [1.54, 1.807) is 17.0 Å². The maximum Gasteiger partial charge on any atom is 0.491 e. The van der Waals surface area contributed by atoms with Crippen LogP contribution in [0.25, 0.3) is 11.3 Å². The molecule has 3 aromatic rings. The molecule has 1 fully saturated rings. The molecule has 0 atom stereocenters. The van der Waals surface area contributed by atoms with Crippen molar-refractivity contribution in [2.75, 3.05) is 26.0 Å². The number of amides is 1. The van der Waals surface area contributed by atoms with Crippen molar-refractivity contribution in [1.82, 2.24) is 9.88 Å². The van der Waals surface area contributed by atoms with Crippen molar-refractivity contribution in [3.05, 3.63) is 60.7 Å². The molecule has 2 aromatic heterocycles. The van der Waals surface area contributed by atoms with E-state index >= 15 is 0 Å². The molecular formula is C25H23F3N2O7S. The lowest BCUT2D eigenvalue weighted by atomic mass is 9.97. The van der Waals surface area contributed by atoms with Gasteiger partial charge in [0, 0.05) is 31.0 Å². The average Bonchev–Trinajstić information content (AvgIpc) is 3.42. The lowest BCUT2D eigenvalue weighted by Gasteiger charge is -2.31. The van der Waals surface area contributed by atoms with Gasteiger partial charge in [0.05, 0.1) is 24.0 Å². The average molecular weight is 553 g/mol. The summed E-state index contributed by atoms with van der Waals surface area (Å²) in [6.45, 7) is 1.19. The Bertz CT molecular complexity index is 1400. The number of likely N-dealkylation sites (tertiary alicyclic amines) is 1. The number of benzene rings is 1. The molecule has 0 bridgehead atoms. The number of carbonyl (C=O) groups is 2. The molecule has 1 amide bonds. The zero-order valence-electron chi connectivity index (χ0n) is 20.1. The fourth-order valence-corrected chi connectivity index (χ4v) is 4.52. The third kappa shape index (κ3) is 6.52. The van der Waals surface area contributed by atoms with Gasteiger partial charge in [-0.2, -0.15) is 13.2 Å². The molecule has 38 heavy (non-hydrogen) atoms. The van der Waals surface area contributed by atoms with E-state index in [1.807, 2.05) is 0 Å². The summed E-state index contributed by atoms with van der Waals surface area (Å²) < 4.78 is 77.6. The van der Waals surface area contributed by atoms with Gasteiger partial charge in [-0.05, 0) is 43.0 Å². The molecule has 0 saturated carbocycles. The van der Waals surface area contributed by atoms with E-state index in [2.05, 4.69) is 9.72 Å². The number of hydrogen-bond donors (Lipinski definition) is 0. The van der Waals surface area contributed by atoms with Crippen molar-refractivity contribution >= 4 is 21.7 Å². The SMILES string of the molecule is CS(=O)(=O)c1ccc(-c2ncc(OCC3CCN(C(=O)c4ccco4)CC3)cc2OC(=O)C(F)(F)F)cc1. The van der Waals surface area contributed by atoms with Gasteiger partial charge in [0.2, 0.25) is 0 Å². The third-order valence-electron chi connectivity index (χ3n) is 5.94. The zero-order valence-corrected chi connectivity index (χ0v) is 20.9. The topological polar surface area (TPSA) is 116 Å². The Morgan fingerprint density at radius 2 is 1.82 bits per heavy atom. The van der Waals surface area contributed by atoms with Crippen LogP contribution in [0.1, 0.15) is 23.4 Å². The van der Waals surface area contributed by atoms with Gasteiger partial charge >= 0.3 is 12.1 Å². The first-order valence-electron chi connectivity index (χ1n) is 11.5. The highest BCUT2D eigenvalue weighted by atomic mass is 32.2. The van der Waals surface area contributed by atoms with Crippen LogP contribution in [-0.4, -0.2) is 62.3 Å². The largest absolute Gasteiger partial charge is 0.492 e. The number of piperidine rings is 1. The van der Waals surface area contributed by atoms with E-state index in [0.717, 1.165) is 12.3 Å². The number of furan rings is 1. The van der Waals surface area contributed by atoms with E-state index in [-0.39, 0.29) is 46.1 Å². The molecule has 0 radical (unpaired) electrons. The van der Waals surface area contributed by atoms with Crippen LogP contribution >= 0.6 is 0 Å². The maximum absolute atomic E-state index is 12.9. The normalized spacial score (nSPS) is 14.8. The van der Waals surface area contributed by atoms with Gasteiger partial charge in [0.25, 0.3) is 5.91 Å². The predicted molar refractivity (Wildman–Crippen MR) is 127 cm³/mol. The number of sulfone groups is 1. The van der Waals surface area contributed by atoms with Crippen LogP contribution in [-0.2, 0) is 14.6 Å². The molecule has 1 aliphatic heterocycles. The first-order chi connectivity index (χ1) is 17.9. The van der Waals surface area contributed by atoms with Crippen LogP contribution in [0.2, 0.25) is 0 Å². The molecule has 0 aliphatic carbocycles. The summed E-state index contributed by atoms with van der Waals surface area (Å²) in [7, 11) is -3.50. The van der Waals surface area contributed by atoms with E-state index in [1.165, 1.54) is 36.7 Å². The Kier molecular flexibility index (Phi) is 7.76. The fourth-order valence-electron chi connectivity index (χ4n) is 3.89. The van der Waals surface area contributed by atoms with E-state index in [0.29, 0.717) is 25.9 Å². The summed E-state index contributed by atoms with van der Waals surface area (Å²) in [5.41, 5.74) is 0.141. The minimum absolute atomic E-state index is 0.00643. The van der Waals surface area contributed by atoms with Crippen LogP contribution in [0.4, 0.5) is 13.2 Å². The third-order valence-corrected chi connectivity index (χ3v) is 7.07. The molecule has 9 nitrogen and oxygen atoms in total. The van der Waals surface area contributed by atoms with Crippen molar-refractivity contribution in [3.63, 3.8) is 0 Å². The number of carbonyl (C=O) groups excluding carboxylic acids is 2. The van der Waals surface area contributed by atoms with Gasteiger partial charge in [-0.15, -0.1) is 0 Å². The summed E-state index contributed by atoms with van der Waals surface area (Å²) in [5, 5.41) is 0. The van der Waals surface area contributed by atoms with Crippen molar-refractivity contribution in [1.29, 1.82) is 0 Å². The highest BCUT2D eigenvalue weighted by Gasteiger charge is 2.42. The molecule has 0 N–H and O–H groups in total. The van der Waals surface area contributed by atoms with Crippen molar-refractivity contribution in [2.45, 2.75) is 23.9 Å². The summed E-state index contributed by atoms with van der Waals surface area (Å²) >= 11 is 0. The van der Waals surface area contributed by atoms with Crippen molar-refractivity contribution in [2.24, 2.45) is 5.92 Å². The standard InChI is InChI=1S/C25H23F3N2O7S/c1-38(33,34)19-6-4-17(5-7-19)22-21(37-24(32)25(26,27)28)13-18(14-29-22)36-15-16-8-10-30(11-9-16)23(31)20-3-2-12-35-20/h2-7,12-14,16H,8-11,15H2,1H3. The number of ether oxygens (including phenoxy) is 2. The monoisotopic (exact) mass is 552 g/mol. The molecule has 0 spiro atoms. The van der Waals surface area contributed by atoms with E-state index in [9.17, 15) is 31.2 Å². The first-order valence-corrected chi connectivity index (χ1v) is 13.4. The molecular weight excluding hydrogens is 529 g/mol. The Morgan fingerprint density at radius 1 is 1.13 bits per heavy atom. The molecule has 202 valence electrons. The Balaban J connectivity index is 1.46. The predicted octanol–water partition coefficient (Wildman–Crippen LogP) is 4.14. The minimum Gasteiger partial charge on any atom is -0.492 e. The lowest BCUT2D eigenvalue weighted by Crippen LogP contribution is -2.39. The Morgan fingerprint density at radius 3 is 2.39 bits per heavy atom. The van der Waals surface area contributed by atoms with Gasteiger partial charge in [0.1, 0.15) is 11.4 Å². The number of alkyl halides is 3. The molecule has 13 heteroatoms. The van der Waals surface area contributed by atoms with Crippen molar-refractivity contribution < 1.29 is 45.1 Å². The summed E-state index contributed by atoms with van der Waals surface area (Å²) in [6.07, 6.45) is -0.238. The molecule has 1 aromatic carbocycles. The van der Waals surface area contributed by atoms with Gasteiger partial charge in [0.15, 0.2) is 21.3 Å². The fraction of sp³-hybridized carbons (Fsp3) is 0.320. The zero-order chi connectivity index (χ0) is 27.5. The highest BCUT2D eigenvalue weighted by molar-refractivity contribution is 7.90. The lowest BCUT2D eigenvalue weighted by molar-refractivity contribution is -0.189. The number of pyridine rings is 1. The second-order valence-electron chi connectivity index (χ2n) is 8.73. The Labute approximate surface area is 216 Å².